The van der Waals surface area contributed by atoms with Gasteiger partial charge in [-0.05, 0) is 19.3 Å². The summed E-state index contributed by atoms with van der Waals surface area (Å²) in [5.74, 6) is 0. The molecule has 2 N–H and O–H groups in total. The van der Waals surface area contributed by atoms with Crippen LogP contribution in [-0.2, 0) is 4.74 Å². The van der Waals surface area contributed by atoms with Gasteiger partial charge < -0.3 is 10.5 Å². The topological polar surface area (TPSA) is 35.2 Å². The quantitative estimate of drug-likeness (QED) is 0.107. The molecule has 0 aromatic carbocycles. The second-order valence-electron chi connectivity index (χ2n) is 10.0. The van der Waals surface area contributed by atoms with Crippen LogP contribution < -0.4 is 5.73 Å². The van der Waals surface area contributed by atoms with E-state index in [9.17, 15) is 0 Å². The molecule has 0 saturated carbocycles. The average Bonchev–Trinajstić information content (AvgIpc) is 2.76. The Labute approximate surface area is 197 Å². The van der Waals surface area contributed by atoms with Gasteiger partial charge in [-0.15, -0.1) is 0 Å². The van der Waals surface area contributed by atoms with Gasteiger partial charge in [0.25, 0.3) is 0 Å². The van der Waals surface area contributed by atoms with Gasteiger partial charge in [-0.1, -0.05) is 156 Å². The molecule has 0 fully saturated rings. The Morgan fingerprint density at radius 2 is 0.742 bits per heavy atom. The molecule has 31 heavy (non-hydrogen) atoms. The molecule has 2 nitrogen and oxygen atoms in total. The lowest BCUT2D eigenvalue weighted by Gasteiger charge is -2.22. The van der Waals surface area contributed by atoms with Crippen LogP contribution in [0, 0.1) is 0 Å². The van der Waals surface area contributed by atoms with Crippen molar-refractivity contribution in [2.24, 2.45) is 5.73 Å². The van der Waals surface area contributed by atoms with E-state index in [0.29, 0.717) is 6.10 Å². The smallest absolute Gasteiger partial charge is 0.105 e. The predicted octanol–water partition coefficient (Wildman–Crippen LogP) is 10.1. The fourth-order valence-electron chi connectivity index (χ4n) is 4.60. The average molecular weight is 440 g/mol. The van der Waals surface area contributed by atoms with Crippen LogP contribution in [0.25, 0.3) is 0 Å². The first-order valence-electron chi connectivity index (χ1n) is 14.7. The lowest BCUT2D eigenvalue weighted by atomic mass is 10.0. The standard InChI is InChI=1S/C29H61NO/c1-4-7-9-11-13-15-17-19-21-23-26-28(31-29(30)25-6-3)27-24-22-20-18-16-14-12-10-8-5-2/h28-29H,4-27,30H2,1-3H3. The monoisotopic (exact) mass is 439 g/mol. The van der Waals surface area contributed by atoms with Crippen LogP contribution in [-0.4, -0.2) is 12.3 Å². The fraction of sp³-hybridized carbons (Fsp3) is 1.00. The number of unbranched alkanes of at least 4 members (excludes halogenated alkanes) is 18. The molecule has 1 atom stereocenters. The van der Waals surface area contributed by atoms with Crippen molar-refractivity contribution in [3.8, 4) is 0 Å². The van der Waals surface area contributed by atoms with Crippen molar-refractivity contribution >= 4 is 0 Å². The molecule has 0 aromatic rings. The van der Waals surface area contributed by atoms with E-state index in [1.54, 1.807) is 0 Å². The van der Waals surface area contributed by atoms with Gasteiger partial charge in [-0.2, -0.15) is 0 Å². The summed E-state index contributed by atoms with van der Waals surface area (Å²) in [5, 5.41) is 0. The number of nitrogens with two attached hydrogens (primary N) is 1. The Balaban J connectivity index is 3.76. The molecule has 0 aliphatic heterocycles. The Morgan fingerprint density at radius 1 is 0.419 bits per heavy atom. The Morgan fingerprint density at radius 3 is 1.06 bits per heavy atom. The second-order valence-corrected chi connectivity index (χ2v) is 10.0. The first kappa shape index (κ1) is 30.9. The van der Waals surface area contributed by atoms with Gasteiger partial charge in [0.1, 0.15) is 6.23 Å². The van der Waals surface area contributed by atoms with Gasteiger partial charge in [0, 0.05) is 0 Å². The minimum atomic E-state index is -0.0544. The third kappa shape index (κ3) is 24.4. The van der Waals surface area contributed by atoms with Crippen LogP contribution in [0.4, 0.5) is 0 Å². The number of hydrogen-bond donors (Lipinski definition) is 1. The van der Waals surface area contributed by atoms with E-state index in [1.807, 2.05) is 0 Å². The van der Waals surface area contributed by atoms with Crippen LogP contribution in [0.2, 0.25) is 0 Å². The molecular formula is C29H61NO. The Hall–Kier alpha value is -0.0800. The summed E-state index contributed by atoms with van der Waals surface area (Å²) in [6.45, 7) is 6.79. The first-order chi connectivity index (χ1) is 15.2. The predicted molar refractivity (Wildman–Crippen MR) is 141 cm³/mol. The van der Waals surface area contributed by atoms with Crippen molar-refractivity contribution < 1.29 is 4.74 Å². The molecular weight excluding hydrogens is 378 g/mol. The summed E-state index contributed by atoms with van der Waals surface area (Å²) in [7, 11) is 0. The minimum absolute atomic E-state index is 0.0544. The molecule has 0 spiro atoms. The van der Waals surface area contributed by atoms with Crippen LogP contribution in [0.5, 0.6) is 0 Å². The van der Waals surface area contributed by atoms with E-state index in [2.05, 4.69) is 20.8 Å². The van der Waals surface area contributed by atoms with E-state index in [4.69, 9.17) is 10.5 Å². The molecule has 0 aliphatic carbocycles. The lowest BCUT2D eigenvalue weighted by Crippen LogP contribution is -2.29. The van der Waals surface area contributed by atoms with Crippen LogP contribution in [0.15, 0.2) is 0 Å². The van der Waals surface area contributed by atoms with Gasteiger partial charge in [-0.25, -0.2) is 0 Å². The third-order valence-electron chi connectivity index (χ3n) is 6.70. The molecule has 0 rings (SSSR count). The fourth-order valence-corrected chi connectivity index (χ4v) is 4.60. The molecule has 0 aliphatic rings. The van der Waals surface area contributed by atoms with E-state index in [-0.39, 0.29) is 6.23 Å². The number of hydrogen-bond acceptors (Lipinski definition) is 2. The van der Waals surface area contributed by atoms with Gasteiger partial charge in [0.2, 0.25) is 0 Å². The van der Waals surface area contributed by atoms with Gasteiger partial charge in [0.05, 0.1) is 6.10 Å². The maximum atomic E-state index is 6.23. The first-order valence-corrected chi connectivity index (χ1v) is 14.7. The zero-order valence-electron chi connectivity index (χ0n) is 22.1. The third-order valence-corrected chi connectivity index (χ3v) is 6.70. The van der Waals surface area contributed by atoms with Crippen molar-refractivity contribution in [3.63, 3.8) is 0 Å². The van der Waals surface area contributed by atoms with Crippen LogP contribution in [0.1, 0.15) is 175 Å². The van der Waals surface area contributed by atoms with Crippen molar-refractivity contribution in [1.82, 2.24) is 0 Å². The minimum Gasteiger partial charge on any atom is -0.360 e. The summed E-state index contributed by atoms with van der Waals surface area (Å²) in [6.07, 6.45) is 32.9. The van der Waals surface area contributed by atoms with Gasteiger partial charge in [0.15, 0.2) is 0 Å². The maximum absolute atomic E-state index is 6.23. The van der Waals surface area contributed by atoms with Gasteiger partial charge >= 0.3 is 0 Å². The number of rotatable bonds is 26. The Bertz CT molecular complexity index is 296. The summed E-state index contributed by atoms with van der Waals surface area (Å²) >= 11 is 0. The molecule has 188 valence electrons. The molecule has 1 unspecified atom stereocenters. The highest BCUT2D eigenvalue weighted by molar-refractivity contribution is 4.63. The molecule has 2 heteroatoms. The second kappa shape index (κ2) is 26.2. The molecule has 0 saturated heterocycles. The lowest BCUT2D eigenvalue weighted by molar-refractivity contribution is -0.0235. The highest BCUT2D eigenvalue weighted by atomic mass is 16.5. The summed E-state index contributed by atoms with van der Waals surface area (Å²) < 4.78 is 6.23. The zero-order valence-corrected chi connectivity index (χ0v) is 22.1. The normalized spacial score (nSPS) is 12.7. The molecule has 0 radical (unpaired) electrons. The van der Waals surface area contributed by atoms with E-state index in [1.165, 1.54) is 141 Å². The zero-order chi connectivity index (χ0) is 22.8. The molecule has 0 bridgehead atoms. The maximum Gasteiger partial charge on any atom is 0.105 e. The summed E-state index contributed by atoms with van der Waals surface area (Å²) in [4.78, 5) is 0. The van der Waals surface area contributed by atoms with Crippen molar-refractivity contribution in [3.05, 3.63) is 0 Å². The molecule has 0 aromatic heterocycles. The summed E-state index contributed by atoms with van der Waals surface area (Å²) in [6, 6.07) is 0. The van der Waals surface area contributed by atoms with Crippen LogP contribution in [0.3, 0.4) is 0 Å². The van der Waals surface area contributed by atoms with E-state index in [0.717, 1.165) is 12.8 Å². The Kier molecular flexibility index (Phi) is 26.1. The van der Waals surface area contributed by atoms with Gasteiger partial charge in [-0.3, -0.25) is 0 Å². The summed E-state index contributed by atoms with van der Waals surface area (Å²) in [5.41, 5.74) is 6.20. The van der Waals surface area contributed by atoms with E-state index >= 15 is 0 Å². The highest BCUT2D eigenvalue weighted by Crippen LogP contribution is 2.19. The SMILES string of the molecule is CCCCCCCCCCCCC(CCCCCCCCCCCC)OC(N)CCC. The van der Waals surface area contributed by atoms with Crippen LogP contribution >= 0.6 is 0 Å². The van der Waals surface area contributed by atoms with Crippen molar-refractivity contribution in [1.29, 1.82) is 0 Å². The van der Waals surface area contributed by atoms with Crippen molar-refractivity contribution in [2.45, 2.75) is 187 Å². The largest absolute Gasteiger partial charge is 0.360 e. The number of ether oxygens (including phenoxy) is 1. The highest BCUT2D eigenvalue weighted by Gasteiger charge is 2.13. The molecule has 0 heterocycles. The molecule has 0 amide bonds. The van der Waals surface area contributed by atoms with Crippen molar-refractivity contribution in [2.75, 3.05) is 0 Å². The van der Waals surface area contributed by atoms with E-state index < -0.39 is 0 Å².